The first-order chi connectivity index (χ1) is 9.20. The third-order valence-corrected chi connectivity index (χ3v) is 2.78. The fourth-order valence-corrected chi connectivity index (χ4v) is 1.88. The minimum atomic E-state index is -0.198. The van der Waals surface area contributed by atoms with Crippen LogP contribution in [0.3, 0.4) is 0 Å². The highest BCUT2D eigenvalue weighted by Gasteiger charge is 2.08. The molecular weight excluding hydrogens is 245 g/mol. The second-order valence-electron chi connectivity index (χ2n) is 4.34. The van der Waals surface area contributed by atoms with E-state index in [9.17, 15) is 4.39 Å². The zero-order valence-electron chi connectivity index (χ0n) is 11.2. The second kappa shape index (κ2) is 6.33. The van der Waals surface area contributed by atoms with Crippen molar-refractivity contribution in [2.75, 3.05) is 25.6 Å². The molecule has 0 radical (unpaired) electrons. The van der Waals surface area contributed by atoms with Crippen LogP contribution in [0, 0.1) is 12.7 Å². The first-order valence-corrected chi connectivity index (χ1v) is 6.20. The third-order valence-electron chi connectivity index (χ3n) is 2.78. The van der Waals surface area contributed by atoms with Crippen LogP contribution < -0.4 is 5.32 Å². The predicted molar refractivity (Wildman–Crippen MR) is 72.8 cm³/mol. The van der Waals surface area contributed by atoms with Crippen molar-refractivity contribution in [3.05, 3.63) is 47.5 Å². The number of benzene rings is 1. The van der Waals surface area contributed by atoms with Gasteiger partial charge in [-0.15, -0.1) is 0 Å². The van der Waals surface area contributed by atoms with E-state index < -0.39 is 0 Å². The maximum absolute atomic E-state index is 13.6. The van der Waals surface area contributed by atoms with E-state index >= 15 is 0 Å². The van der Waals surface area contributed by atoms with Crippen LogP contribution in [-0.2, 0) is 11.3 Å². The van der Waals surface area contributed by atoms with Crippen molar-refractivity contribution in [1.29, 1.82) is 0 Å². The van der Waals surface area contributed by atoms with E-state index in [0.29, 0.717) is 25.3 Å². The number of rotatable bonds is 6. The molecule has 102 valence electrons. The number of nitrogens with one attached hydrogen (secondary N) is 1. The number of hydrogen-bond acceptors (Lipinski definition) is 3. The second-order valence-corrected chi connectivity index (χ2v) is 4.34. The summed E-state index contributed by atoms with van der Waals surface area (Å²) >= 11 is 0. The number of anilines is 1. The number of imidazole rings is 1. The van der Waals surface area contributed by atoms with Crippen molar-refractivity contribution < 1.29 is 9.13 Å². The molecule has 5 heteroatoms. The van der Waals surface area contributed by atoms with Gasteiger partial charge >= 0.3 is 0 Å². The Morgan fingerprint density at radius 2 is 2.16 bits per heavy atom. The molecule has 0 spiro atoms. The molecule has 0 aliphatic carbocycles. The highest BCUT2D eigenvalue weighted by molar-refractivity contribution is 5.30. The van der Waals surface area contributed by atoms with Gasteiger partial charge in [-0.2, -0.15) is 0 Å². The molecule has 19 heavy (non-hydrogen) atoms. The van der Waals surface area contributed by atoms with Gasteiger partial charge in [0.1, 0.15) is 5.82 Å². The number of halogens is 1. The molecule has 1 aromatic carbocycles. The first kappa shape index (κ1) is 13.5. The topological polar surface area (TPSA) is 39.1 Å². The maximum atomic E-state index is 13.6. The van der Waals surface area contributed by atoms with Gasteiger partial charge in [-0.3, -0.25) is 0 Å². The van der Waals surface area contributed by atoms with Crippen molar-refractivity contribution in [2.24, 2.45) is 0 Å². The van der Waals surface area contributed by atoms with Gasteiger partial charge < -0.3 is 14.6 Å². The Labute approximate surface area is 112 Å². The van der Waals surface area contributed by atoms with Crippen LogP contribution in [-0.4, -0.2) is 29.8 Å². The number of nitrogens with zero attached hydrogens (tertiary/aromatic N) is 2. The smallest absolute Gasteiger partial charge is 0.203 e. The molecule has 4 nitrogen and oxygen atoms in total. The SMILES string of the molecule is COCCNc1nc(C)cn1Cc1ccccc1F. The van der Waals surface area contributed by atoms with Crippen LogP contribution in [0.15, 0.2) is 30.5 Å². The van der Waals surface area contributed by atoms with Gasteiger partial charge in [-0.25, -0.2) is 9.37 Å². The average Bonchev–Trinajstić information content (AvgIpc) is 2.73. The largest absolute Gasteiger partial charge is 0.383 e. The highest BCUT2D eigenvalue weighted by atomic mass is 19.1. The molecule has 2 rings (SSSR count). The van der Waals surface area contributed by atoms with E-state index in [1.54, 1.807) is 19.2 Å². The Morgan fingerprint density at radius 3 is 2.89 bits per heavy atom. The first-order valence-electron chi connectivity index (χ1n) is 6.20. The lowest BCUT2D eigenvalue weighted by Crippen LogP contribution is -2.13. The Kier molecular flexibility index (Phi) is 4.52. The summed E-state index contributed by atoms with van der Waals surface area (Å²) in [5.74, 6) is 0.537. The van der Waals surface area contributed by atoms with Crippen LogP contribution in [0.2, 0.25) is 0 Å². The van der Waals surface area contributed by atoms with Gasteiger partial charge in [0.2, 0.25) is 5.95 Å². The Balaban J connectivity index is 2.13. The van der Waals surface area contributed by atoms with E-state index in [-0.39, 0.29) is 5.82 Å². The molecule has 0 amide bonds. The summed E-state index contributed by atoms with van der Waals surface area (Å²) in [5, 5.41) is 3.18. The number of aryl methyl sites for hydroxylation is 1. The van der Waals surface area contributed by atoms with E-state index in [4.69, 9.17) is 4.74 Å². The van der Waals surface area contributed by atoms with Crippen LogP contribution >= 0.6 is 0 Å². The van der Waals surface area contributed by atoms with Crippen molar-refractivity contribution >= 4 is 5.95 Å². The third kappa shape index (κ3) is 3.54. The Morgan fingerprint density at radius 1 is 1.37 bits per heavy atom. The maximum Gasteiger partial charge on any atom is 0.203 e. The van der Waals surface area contributed by atoms with Crippen LogP contribution in [0.1, 0.15) is 11.3 Å². The van der Waals surface area contributed by atoms with Crippen molar-refractivity contribution in [1.82, 2.24) is 9.55 Å². The quantitative estimate of drug-likeness (QED) is 0.814. The number of aromatic nitrogens is 2. The minimum absolute atomic E-state index is 0.198. The van der Waals surface area contributed by atoms with Gasteiger partial charge in [0.25, 0.3) is 0 Å². The fraction of sp³-hybridized carbons (Fsp3) is 0.357. The molecule has 0 atom stereocenters. The summed E-state index contributed by atoms with van der Waals surface area (Å²) in [6.07, 6.45) is 1.90. The minimum Gasteiger partial charge on any atom is -0.383 e. The van der Waals surface area contributed by atoms with Crippen molar-refractivity contribution in [2.45, 2.75) is 13.5 Å². The zero-order valence-corrected chi connectivity index (χ0v) is 11.2. The summed E-state index contributed by atoms with van der Waals surface area (Å²) in [6, 6.07) is 6.77. The lowest BCUT2D eigenvalue weighted by atomic mass is 10.2. The van der Waals surface area contributed by atoms with Crippen molar-refractivity contribution in [3.63, 3.8) is 0 Å². The Bertz CT molecular complexity index is 539. The fourth-order valence-electron chi connectivity index (χ4n) is 1.88. The molecule has 0 unspecified atom stereocenters. The standard InChI is InChI=1S/C14H18FN3O/c1-11-9-18(14(17-11)16-7-8-19-2)10-12-5-3-4-6-13(12)15/h3-6,9H,7-8,10H2,1-2H3,(H,16,17). The Hall–Kier alpha value is -1.88. The van der Waals surface area contributed by atoms with E-state index in [1.807, 2.05) is 23.8 Å². The summed E-state index contributed by atoms with van der Waals surface area (Å²) in [5.41, 5.74) is 1.55. The van der Waals surface area contributed by atoms with E-state index in [0.717, 1.165) is 11.6 Å². The van der Waals surface area contributed by atoms with Gasteiger partial charge in [-0.05, 0) is 13.0 Å². The molecule has 0 saturated carbocycles. The van der Waals surface area contributed by atoms with Gasteiger partial charge in [0.15, 0.2) is 0 Å². The average molecular weight is 263 g/mol. The van der Waals surface area contributed by atoms with Gasteiger partial charge in [0.05, 0.1) is 18.8 Å². The molecule has 0 aliphatic rings. The van der Waals surface area contributed by atoms with Crippen LogP contribution in [0.25, 0.3) is 0 Å². The monoisotopic (exact) mass is 263 g/mol. The van der Waals surface area contributed by atoms with E-state index in [1.165, 1.54) is 6.07 Å². The molecule has 2 aromatic rings. The molecule has 1 aromatic heterocycles. The molecule has 1 N–H and O–H groups in total. The summed E-state index contributed by atoms with van der Waals surface area (Å²) < 4.78 is 20.5. The lowest BCUT2D eigenvalue weighted by Gasteiger charge is -2.10. The molecule has 0 bridgehead atoms. The van der Waals surface area contributed by atoms with Crippen molar-refractivity contribution in [3.8, 4) is 0 Å². The number of methoxy groups -OCH3 is 1. The van der Waals surface area contributed by atoms with Crippen LogP contribution in [0.4, 0.5) is 10.3 Å². The molecule has 1 heterocycles. The summed E-state index contributed by atoms with van der Waals surface area (Å²) in [6.45, 7) is 3.65. The normalized spacial score (nSPS) is 10.7. The van der Waals surface area contributed by atoms with E-state index in [2.05, 4.69) is 10.3 Å². The highest BCUT2D eigenvalue weighted by Crippen LogP contribution is 2.14. The molecule has 0 saturated heterocycles. The zero-order chi connectivity index (χ0) is 13.7. The predicted octanol–water partition coefficient (Wildman–Crippen LogP) is 2.44. The summed E-state index contributed by atoms with van der Waals surface area (Å²) in [7, 11) is 1.65. The van der Waals surface area contributed by atoms with Crippen LogP contribution in [0.5, 0.6) is 0 Å². The van der Waals surface area contributed by atoms with Gasteiger partial charge in [-0.1, -0.05) is 18.2 Å². The molecule has 0 fully saturated rings. The summed E-state index contributed by atoms with van der Waals surface area (Å²) in [4.78, 5) is 4.38. The lowest BCUT2D eigenvalue weighted by molar-refractivity contribution is 0.210. The van der Waals surface area contributed by atoms with Gasteiger partial charge in [0, 0.05) is 25.4 Å². The number of ether oxygens (including phenoxy) is 1. The number of hydrogen-bond donors (Lipinski definition) is 1. The molecular formula is C14H18FN3O. The molecule has 0 aliphatic heterocycles.